The second-order valence-corrected chi connectivity index (χ2v) is 7.16. The van der Waals surface area contributed by atoms with Crippen molar-refractivity contribution in [2.75, 3.05) is 12.0 Å². The molecule has 0 fully saturated rings. The van der Waals surface area contributed by atoms with Gasteiger partial charge in [0.15, 0.2) is 11.5 Å². The van der Waals surface area contributed by atoms with Crippen LogP contribution in [0, 0.1) is 5.82 Å². The van der Waals surface area contributed by atoms with Crippen molar-refractivity contribution >= 4 is 34.2 Å². The molecule has 1 atom stereocenters. The van der Waals surface area contributed by atoms with Crippen LogP contribution in [0.25, 0.3) is 16.6 Å². The molecule has 27 heavy (non-hydrogen) atoms. The molecule has 3 aromatic heterocycles. The summed E-state index contributed by atoms with van der Waals surface area (Å²) < 4.78 is 15.8. The number of thioether (sulfide) groups is 1. The number of hydrogen-bond acceptors (Lipinski definition) is 4. The molecule has 1 amide bonds. The number of rotatable bonds is 6. The second kappa shape index (κ2) is 7.40. The molecule has 0 aliphatic carbocycles. The Balaban J connectivity index is 1.64. The van der Waals surface area contributed by atoms with Crippen molar-refractivity contribution in [1.29, 1.82) is 0 Å². The first-order chi connectivity index (χ1) is 13.2. The number of nitrogens with one attached hydrogen (secondary N) is 2. The highest BCUT2D eigenvalue weighted by atomic mass is 32.2. The van der Waals surface area contributed by atoms with E-state index in [9.17, 15) is 9.18 Å². The van der Waals surface area contributed by atoms with E-state index in [4.69, 9.17) is 0 Å². The Labute approximate surface area is 159 Å². The molecular weight excluding hydrogens is 365 g/mol. The predicted molar refractivity (Wildman–Crippen MR) is 104 cm³/mol. The third-order valence-electron chi connectivity index (χ3n) is 4.42. The summed E-state index contributed by atoms with van der Waals surface area (Å²) in [6, 6.07) is 11.6. The largest absolute Gasteiger partial charge is 0.350 e. The second-order valence-electron chi connectivity index (χ2n) is 6.18. The SMILES string of the molecule is CSCCC(NC(=O)c1cc2c(F)cccc2[nH]1)c1nnc2ccccn12. The molecule has 0 aliphatic rings. The number of aromatic amines is 1. The molecule has 0 radical (unpaired) electrons. The Kier molecular flexibility index (Phi) is 4.81. The van der Waals surface area contributed by atoms with Crippen LogP contribution in [-0.2, 0) is 0 Å². The number of pyridine rings is 1. The molecule has 1 unspecified atom stereocenters. The van der Waals surface area contributed by atoms with Crippen LogP contribution >= 0.6 is 11.8 Å². The summed E-state index contributed by atoms with van der Waals surface area (Å²) in [5, 5.41) is 11.9. The molecule has 138 valence electrons. The number of halogens is 1. The van der Waals surface area contributed by atoms with E-state index >= 15 is 0 Å². The maximum absolute atomic E-state index is 13.9. The maximum Gasteiger partial charge on any atom is 0.268 e. The van der Waals surface area contributed by atoms with Gasteiger partial charge in [-0.15, -0.1) is 10.2 Å². The van der Waals surface area contributed by atoms with E-state index in [-0.39, 0.29) is 17.8 Å². The lowest BCUT2D eigenvalue weighted by molar-refractivity contribution is 0.0929. The van der Waals surface area contributed by atoms with Gasteiger partial charge in [0, 0.05) is 17.1 Å². The zero-order chi connectivity index (χ0) is 18.8. The highest BCUT2D eigenvalue weighted by Gasteiger charge is 2.22. The summed E-state index contributed by atoms with van der Waals surface area (Å²) in [5.74, 6) is 0.874. The molecule has 0 saturated heterocycles. The van der Waals surface area contributed by atoms with E-state index in [1.54, 1.807) is 23.9 Å². The van der Waals surface area contributed by atoms with Crippen LogP contribution < -0.4 is 5.32 Å². The van der Waals surface area contributed by atoms with E-state index in [1.165, 1.54) is 12.1 Å². The van der Waals surface area contributed by atoms with Gasteiger partial charge < -0.3 is 10.3 Å². The van der Waals surface area contributed by atoms with Crippen molar-refractivity contribution in [2.24, 2.45) is 0 Å². The Morgan fingerprint density at radius 2 is 2.19 bits per heavy atom. The molecule has 4 rings (SSSR count). The van der Waals surface area contributed by atoms with Crippen molar-refractivity contribution in [1.82, 2.24) is 24.9 Å². The number of carbonyl (C=O) groups excluding carboxylic acids is 1. The Morgan fingerprint density at radius 3 is 3.00 bits per heavy atom. The van der Waals surface area contributed by atoms with Crippen molar-refractivity contribution in [2.45, 2.75) is 12.5 Å². The van der Waals surface area contributed by atoms with Crippen LogP contribution in [-0.4, -0.2) is 37.5 Å². The molecule has 3 heterocycles. The van der Waals surface area contributed by atoms with Crippen LogP contribution in [0.5, 0.6) is 0 Å². The van der Waals surface area contributed by atoms with Gasteiger partial charge in [0.1, 0.15) is 11.5 Å². The van der Waals surface area contributed by atoms with E-state index in [0.717, 1.165) is 11.4 Å². The molecule has 6 nitrogen and oxygen atoms in total. The molecule has 0 spiro atoms. The van der Waals surface area contributed by atoms with E-state index in [2.05, 4.69) is 20.5 Å². The van der Waals surface area contributed by atoms with Gasteiger partial charge >= 0.3 is 0 Å². The summed E-state index contributed by atoms with van der Waals surface area (Å²) in [5.41, 5.74) is 1.63. The highest BCUT2D eigenvalue weighted by molar-refractivity contribution is 7.98. The van der Waals surface area contributed by atoms with Gasteiger partial charge in [-0.3, -0.25) is 9.20 Å². The number of hydrogen-bond donors (Lipinski definition) is 2. The summed E-state index contributed by atoms with van der Waals surface area (Å²) in [7, 11) is 0. The fourth-order valence-electron chi connectivity index (χ4n) is 3.08. The van der Waals surface area contributed by atoms with Gasteiger partial charge in [-0.1, -0.05) is 12.1 Å². The van der Waals surface area contributed by atoms with E-state index in [0.29, 0.717) is 28.8 Å². The third kappa shape index (κ3) is 3.40. The van der Waals surface area contributed by atoms with Crippen molar-refractivity contribution in [3.8, 4) is 0 Å². The van der Waals surface area contributed by atoms with Gasteiger partial charge in [-0.2, -0.15) is 11.8 Å². The van der Waals surface area contributed by atoms with Gasteiger partial charge in [-0.05, 0) is 48.8 Å². The molecular formula is C19H18FN5OS. The van der Waals surface area contributed by atoms with Gasteiger partial charge in [0.05, 0.1) is 6.04 Å². The van der Waals surface area contributed by atoms with Crippen molar-refractivity contribution < 1.29 is 9.18 Å². The first kappa shape index (κ1) is 17.5. The highest BCUT2D eigenvalue weighted by Crippen LogP contribution is 2.21. The summed E-state index contributed by atoms with van der Waals surface area (Å²) in [4.78, 5) is 15.8. The van der Waals surface area contributed by atoms with Gasteiger partial charge in [0.25, 0.3) is 5.91 Å². The number of aromatic nitrogens is 4. The number of amides is 1. The number of benzene rings is 1. The number of fused-ring (bicyclic) bond motifs is 2. The fraction of sp³-hybridized carbons (Fsp3) is 0.211. The standard InChI is InChI=1S/C19H18FN5OS/c1-27-10-8-15(18-24-23-17-7-2-3-9-25(17)18)22-19(26)16-11-12-13(20)5-4-6-14(12)21-16/h2-7,9,11,15,21H,8,10H2,1H3,(H,22,26). The lowest BCUT2D eigenvalue weighted by Gasteiger charge is -2.16. The smallest absolute Gasteiger partial charge is 0.268 e. The zero-order valence-electron chi connectivity index (χ0n) is 14.6. The minimum Gasteiger partial charge on any atom is -0.350 e. The quantitative estimate of drug-likeness (QED) is 0.534. The van der Waals surface area contributed by atoms with Gasteiger partial charge in [0.2, 0.25) is 0 Å². The normalized spacial score (nSPS) is 12.5. The number of nitrogens with zero attached hydrogens (tertiary/aromatic N) is 3. The molecule has 8 heteroatoms. The minimum atomic E-state index is -0.356. The van der Waals surface area contributed by atoms with Crippen LogP contribution in [0.2, 0.25) is 0 Å². The van der Waals surface area contributed by atoms with Crippen LogP contribution in [0.4, 0.5) is 4.39 Å². The monoisotopic (exact) mass is 383 g/mol. The maximum atomic E-state index is 13.9. The zero-order valence-corrected chi connectivity index (χ0v) is 15.5. The molecule has 2 N–H and O–H groups in total. The van der Waals surface area contributed by atoms with Crippen molar-refractivity contribution in [3.05, 3.63) is 66.0 Å². The van der Waals surface area contributed by atoms with E-state index < -0.39 is 0 Å². The number of H-pyrrole nitrogens is 1. The molecule has 0 aliphatic heterocycles. The molecule has 1 aromatic carbocycles. The van der Waals surface area contributed by atoms with Crippen molar-refractivity contribution in [3.63, 3.8) is 0 Å². The lowest BCUT2D eigenvalue weighted by Crippen LogP contribution is -2.30. The summed E-state index contributed by atoms with van der Waals surface area (Å²) in [6.45, 7) is 0. The number of carbonyl (C=O) groups is 1. The third-order valence-corrected chi connectivity index (χ3v) is 5.07. The fourth-order valence-corrected chi connectivity index (χ4v) is 3.55. The van der Waals surface area contributed by atoms with E-state index in [1.807, 2.05) is 35.1 Å². The minimum absolute atomic E-state index is 0.301. The molecule has 0 saturated carbocycles. The Morgan fingerprint density at radius 1 is 1.30 bits per heavy atom. The first-order valence-electron chi connectivity index (χ1n) is 8.54. The first-order valence-corrected chi connectivity index (χ1v) is 9.93. The van der Waals surface area contributed by atoms with Crippen LogP contribution in [0.3, 0.4) is 0 Å². The topological polar surface area (TPSA) is 75.1 Å². The van der Waals surface area contributed by atoms with Crippen LogP contribution in [0.15, 0.2) is 48.7 Å². The molecule has 4 aromatic rings. The van der Waals surface area contributed by atoms with Crippen LogP contribution in [0.1, 0.15) is 28.8 Å². The molecule has 0 bridgehead atoms. The van der Waals surface area contributed by atoms with Gasteiger partial charge in [-0.25, -0.2) is 4.39 Å². The average Bonchev–Trinajstić information content (AvgIpc) is 3.30. The predicted octanol–water partition coefficient (Wildman–Crippen LogP) is 3.57. The Hall–Kier alpha value is -2.87. The Bertz CT molecular complexity index is 1110. The summed E-state index contributed by atoms with van der Waals surface area (Å²) >= 11 is 1.70. The summed E-state index contributed by atoms with van der Waals surface area (Å²) in [6.07, 6.45) is 4.60. The lowest BCUT2D eigenvalue weighted by atomic mass is 10.2. The average molecular weight is 383 g/mol.